The minimum atomic E-state index is -3.18. The number of rotatable bonds is 6. The lowest BCUT2D eigenvalue weighted by molar-refractivity contribution is -0.136. The second-order valence-electron chi connectivity index (χ2n) is 7.16. The molecule has 5 nitrogen and oxygen atoms in total. The normalized spacial score (nSPS) is 18.0. The number of sulfone groups is 1. The van der Waals surface area contributed by atoms with Crippen molar-refractivity contribution in [3.05, 3.63) is 65.0 Å². The Balaban J connectivity index is 1.78. The summed E-state index contributed by atoms with van der Waals surface area (Å²) in [5, 5.41) is 0. The van der Waals surface area contributed by atoms with Crippen molar-refractivity contribution in [3.8, 4) is 5.75 Å². The Morgan fingerprint density at radius 2 is 1.93 bits per heavy atom. The smallest absolute Gasteiger partial charge is 0.261 e. The number of hydrogen-bond acceptors (Lipinski definition) is 4. The van der Waals surface area contributed by atoms with Crippen LogP contribution in [0.3, 0.4) is 0 Å². The molecule has 1 heterocycles. The molecule has 0 aromatic heterocycles. The van der Waals surface area contributed by atoms with Crippen molar-refractivity contribution in [2.45, 2.75) is 32.9 Å². The summed E-state index contributed by atoms with van der Waals surface area (Å²) in [6.45, 7) is 3.66. The molecule has 1 fully saturated rings. The first-order chi connectivity index (χ1) is 13.3. The monoisotopic (exact) mass is 405 g/mol. The van der Waals surface area contributed by atoms with Gasteiger partial charge in [0.2, 0.25) is 0 Å². The van der Waals surface area contributed by atoms with Gasteiger partial charge >= 0.3 is 0 Å². The van der Waals surface area contributed by atoms with Gasteiger partial charge in [0.1, 0.15) is 11.6 Å². The molecule has 1 aliphatic heterocycles. The Morgan fingerprint density at radius 3 is 2.61 bits per heavy atom. The molecule has 1 aliphatic rings. The van der Waals surface area contributed by atoms with E-state index in [0.29, 0.717) is 17.7 Å². The molecule has 0 N–H and O–H groups in total. The van der Waals surface area contributed by atoms with Gasteiger partial charge in [-0.3, -0.25) is 4.79 Å². The number of carbonyl (C=O) groups excluding carboxylic acids is 1. The number of ether oxygens (including phenoxy) is 1. The third-order valence-electron chi connectivity index (χ3n) is 5.17. The summed E-state index contributed by atoms with van der Waals surface area (Å²) >= 11 is 0. The van der Waals surface area contributed by atoms with E-state index in [-0.39, 0.29) is 30.6 Å². The topological polar surface area (TPSA) is 63.7 Å². The SMILES string of the molecule is Cc1cccc(OCC(=O)N(Cc2ccccc2F)[C@H]2CCS(=O)(=O)C2)c1C. The van der Waals surface area contributed by atoms with Crippen molar-refractivity contribution in [3.63, 3.8) is 0 Å². The Kier molecular flexibility index (Phi) is 6.03. The second kappa shape index (κ2) is 8.31. The highest BCUT2D eigenvalue weighted by atomic mass is 32.2. The van der Waals surface area contributed by atoms with Crippen molar-refractivity contribution < 1.29 is 22.3 Å². The quantitative estimate of drug-likeness (QED) is 0.741. The molecule has 0 bridgehead atoms. The van der Waals surface area contributed by atoms with E-state index in [1.807, 2.05) is 26.0 Å². The van der Waals surface area contributed by atoms with Crippen LogP contribution in [-0.4, -0.2) is 43.4 Å². The molecule has 28 heavy (non-hydrogen) atoms. The minimum absolute atomic E-state index is 0.0157. The standard InChI is InChI=1S/C21H24FNO4S/c1-15-6-5-9-20(16(15)2)27-13-21(24)23(18-10-11-28(25,26)14-18)12-17-7-3-4-8-19(17)22/h3-9,18H,10-14H2,1-2H3/t18-/m0/s1. The molecule has 1 amide bonds. The molecule has 3 rings (SSSR count). The zero-order valence-corrected chi connectivity index (χ0v) is 16.8. The van der Waals surface area contributed by atoms with Gasteiger partial charge < -0.3 is 9.64 Å². The Labute approximate surface area is 165 Å². The maximum absolute atomic E-state index is 14.1. The Bertz CT molecular complexity index is 974. The number of amides is 1. The average Bonchev–Trinajstić information content (AvgIpc) is 3.01. The first-order valence-electron chi connectivity index (χ1n) is 9.19. The van der Waals surface area contributed by atoms with E-state index in [2.05, 4.69) is 0 Å². The van der Waals surface area contributed by atoms with E-state index in [1.165, 1.54) is 11.0 Å². The van der Waals surface area contributed by atoms with Gasteiger partial charge in [-0.05, 0) is 43.5 Å². The van der Waals surface area contributed by atoms with Crippen LogP contribution in [0.2, 0.25) is 0 Å². The predicted octanol–water partition coefficient (Wildman–Crippen LogP) is 3.04. The average molecular weight is 405 g/mol. The number of benzene rings is 2. The molecule has 0 radical (unpaired) electrons. The van der Waals surface area contributed by atoms with Crippen LogP contribution >= 0.6 is 0 Å². The molecule has 1 atom stereocenters. The molecule has 150 valence electrons. The first-order valence-corrected chi connectivity index (χ1v) is 11.0. The highest BCUT2D eigenvalue weighted by Crippen LogP contribution is 2.23. The highest BCUT2D eigenvalue weighted by Gasteiger charge is 2.35. The maximum Gasteiger partial charge on any atom is 0.261 e. The van der Waals surface area contributed by atoms with Crippen LogP contribution in [0.25, 0.3) is 0 Å². The van der Waals surface area contributed by atoms with Crippen LogP contribution in [0.5, 0.6) is 5.75 Å². The van der Waals surface area contributed by atoms with Crippen molar-refractivity contribution in [1.29, 1.82) is 0 Å². The van der Waals surface area contributed by atoms with Crippen molar-refractivity contribution in [2.24, 2.45) is 0 Å². The molecule has 2 aromatic carbocycles. The van der Waals surface area contributed by atoms with Crippen molar-refractivity contribution in [2.75, 3.05) is 18.1 Å². The minimum Gasteiger partial charge on any atom is -0.483 e. The Morgan fingerprint density at radius 1 is 1.18 bits per heavy atom. The summed E-state index contributed by atoms with van der Waals surface area (Å²) in [7, 11) is -3.18. The van der Waals surface area contributed by atoms with Crippen LogP contribution in [0, 0.1) is 19.7 Å². The summed E-state index contributed by atoms with van der Waals surface area (Å²) in [5.41, 5.74) is 2.35. The van der Waals surface area contributed by atoms with Gasteiger partial charge in [0.05, 0.1) is 11.5 Å². The fraction of sp³-hybridized carbons (Fsp3) is 0.381. The summed E-state index contributed by atoms with van der Waals surface area (Å²) in [6.07, 6.45) is 0.353. The van der Waals surface area contributed by atoms with Gasteiger partial charge in [-0.15, -0.1) is 0 Å². The summed E-state index contributed by atoms with van der Waals surface area (Å²) in [5.74, 6) is -0.228. The van der Waals surface area contributed by atoms with E-state index in [0.717, 1.165) is 11.1 Å². The van der Waals surface area contributed by atoms with Gasteiger partial charge in [-0.1, -0.05) is 30.3 Å². The fourth-order valence-corrected chi connectivity index (χ4v) is 5.09. The lowest BCUT2D eigenvalue weighted by Crippen LogP contribution is -2.43. The van der Waals surface area contributed by atoms with Crippen molar-refractivity contribution in [1.82, 2.24) is 4.90 Å². The number of nitrogens with zero attached hydrogens (tertiary/aromatic N) is 1. The maximum atomic E-state index is 14.1. The lowest BCUT2D eigenvalue weighted by atomic mass is 10.1. The van der Waals surface area contributed by atoms with Gasteiger partial charge in [-0.25, -0.2) is 12.8 Å². The number of aryl methyl sites for hydroxylation is 1. The van der Waals surface area contributed by atoms with E-state index in [1.54, 1.807) is 24.3 Å². The summed E-state index contributed by atoms with van der Waals surface area (Å²) in [4.78, 5) is 14.3. The second-order valence-corrected chi connectivity index (χ2v) is 9.39. The molecular formula is C21H24FNO4S. The predicted molar refractivity (Wildman–Crippen MR) is 105 cm³/mol. The molecule has 2 aromatic rings. The van der Waals surface area contributed by atoms with Crippen LogP contribution in [0.4, 0.5) is 4.39 Å². The van der Waals surface area contributed by atoms with Gasteiger partial charge in [0.15, 0.2) is 16.4 Å². The lowest BCUT2D eigenvalue weighted by Gasteiger charge is -2.28. The van der Waals surface area contributed by atoms with E-state index >= 15 is 0 Å². The largest absolute Gasteiger partial charge is 0.483 e. The zero-order chi connectivity index (χ0) is 20.3. The first kappa shape index (κ1) is 20.3. The van der Waals surface area contributed by atoms with Gasteiger partial charge in [0.25, 0.3) is 5.91 Å². The van der Waals surface area contributed by atoms with Gasteiger partial charge in [-0.2, -0.15) is 0 Å². The van der Waals surface area contributed by atoms with Crippen LogP contribution < -0.4 is 4.74 Å². The molecule has 0 spiro atoms. The van der Waals surface area contributed by atoms with Crippen LogP contribution in [0.1, 0.15) is 23.1 Å². The molecule has 0 saturated carbocycles. The third-order valence-corrected chi connectivity index (χ3v) is 6.92. The number of hydrogen-bond donors (Lipinski definition) is 0. The van der Waals surface area contributed by atoms with Gasteiger partial charge in [0, 0.05) is 18.2 Å². The zero-order valence-electron chi connectivity index (χ0n) is 16.0. The van der Waals surface area contributed by atoms with Crippen LogP contribution in [0.15, 0.2) is 42.5 Å². The highest BCUT2D eigenvalue weighted by molar-refractivity contribution is 7.91. The number of halogens is 1. The summed E-state index contributed by atoms with van der Waals surface area (Å²) < 4.78 is 43.6. The molecule has 0 aliphatic carbocycles. The van der Waals surface area contributed by atoms with Crippen molar-refractivity contribution >= 4 is 15.7 Å². The summed E-state index contributed by atoms with van der Waals surface area (Å²) in [6, 6.07) is 11.3. The third kappa shape index (κ3) is 4.70. The fourth-order valence-electron chi connectivity index (χ4n) is 3.36. The molecule has 1 saturated heterocycles. The molecular weight excluding hydrogens is 381 g/mol. The van der Waals surface area contributed by atoms with Crippen LogP contribution in [-0.2, 0) is 21.2 Å². The number of carbonyl (C=O) groups is 1. The van der Waals surface area contributed by atoms with E-state index in [4.69, 9.17) is 4.74 Å². The Hall–Kier alpha value is -2.41. The van der Waals surface area contributed by atoms with E-state index < -0.39 is 21.7 Å². The van der Waals surface area contributed by atoms with E-state index in [9.17, 15) is 17.6 Å². The molecule has 7 heteroatoms. The molecule has 0 unspecified atom stereocenters.